The van der Waals surface area contributed by atoms with Crippen molar-refractivity contribution in [1.29, 1.82) is 0 Å². The van der Waals surface area contributed by atoms with Crippen molar-refractivity contribution in [3.8, 4) is 0 Å². The summed E-state index contributed by atoms with van der Waals surface area (Å²) in [6.07, 6.45) is 5.54. The van der Waals surface area contributed by atoms with Gasteiger partial charge in [0, 0.05) is 30.7 Å². The highest BCUT2D eigenvalue weighted by Crippen LogP contribution is 2.49. The van der Waals surface area contributed by atoms with E-state index in [9.17, 15) is 14.4 Å². The quantitative estimate of drug-likeness (QED) is 0.432. The molecule has 3 heterocycles. The number of ether oxygens (including phenoxy) is 1. The lowest BCUT2D eigenvalue weighted by atomic mass is 9.96. The first-order valence-corrected chi connectivity index (χ1v) is 13.5. The van der Waals surface area contributed by atoms with Gasteiger partial charge < -0.3 is 9.64 Å². The highest BCUT2D eigenvalue weighted by atomic mass is 32.2. The van der Waals surface area contributed by atoms with E-state index in [4.69, 9.17) is 17.0 Å². The van der Waals surface area contributed by atoms with Crippen LogP contribution in [0.2, 0.25) is 0 Å². The van der Waals surface area contributed by atoms with Crippen LogP contribution in [-0.4, -0.2) is 45.3 Å². The molecular weight excluding hydrogens is 490 g/mol. The van der Waals surface area contributed by atoms with Crippen LogP contribution in [0.1, 0.15) is 50.2 Å². The molecule has 0 bridgehead atoms. The molecule has 0 spiro atoms. The standard InChI is InChI=1S/C24H25N3O4S3/c1-3-25-17-7-5-6-15(17)16-10-14(8-9-18(16)25)11-19-21(29)27(12-31-13-28)23(33-19)20-22(30)26(4-2)24(32)34-20/h8-11,13,15,17H,3-7,12H2,1-2H3/b19-11+,23-20+. The van der Waals surface area contributed by atoms with Crippen molar-refractivity contribution < 1.29 is 14.3 Å². The smallest absolute Gasteiger partial charge is 0.294 e. The van der Waals surface area contributed by atoms with E-state index in [2.05, 4.69) is 24.0 Å². The van der Waals surface area contributed by atoms with Gasteiger partial charge in [-0.15, -0.1) is 11.3 Å². The van der Waals surface area contributed by atoms with Gasteiger partial charge in [0.05, 0.1) is 4.53 Å². The van der Waals surface area contributed by atoms with Crippen LogP contribution in [-0.2, 0) is 21.1 Å². The van der Waals surface area contributed by atoms with Gasteiger partial charge in [-0.2, -0.15) is 0 Å². The van der Waals surface area contributed by atoms with Gasteiger partial charge in [-0.1, -0.05) is 36.5 Å². The molecule has 1 aliphatic carbocycles. The molecule has 0 radical (unpaired) electrons. The molecule has 1 amide bonds. The van der Waals surface area contributed by atoms with E-state index < -0.39 is 0 Å². The zero-order chi connectivity index (χ0) is 24.0. The van der Waals surface area contributed by atoms with Crippen LogP contribution in [0.5, 0.6) is 0 Å². The Bertz CT molecular complexity index is 1360. The minimum absolute atomic E-state index is 0.227. The van der Waals surface area contributed by atoms with Crippen LogP contribution in [0.4, 0.5) is 5.69 Å². The van der Waals surface area contributed by atoms with Gasteiger partial charge in [0.2, 0.25) is 0 Å². The van der Waals surface area contributed by atoms with Crippen LogP contribution in [0.25, 0.3) is 11.0 Å². The van der Waals surface area contributed by atoms with Crippen molar-refractivity contribution in [3.63, 3.8) is 0 Å². The molecule has 2 aromatic rings. The first-order valence-electron chi connectivity index (χ1n) is 11.4. The second-order valence-electron chi connectivity index (χ2n) is 8.50. The summed E-state index contributed by atoms with van der Waals surface area (Å²) < 4.78 is 7.64. The number of nitrogens with zero attached hydrogens (tertiary/aromatic N) is 3. The van der Waals surface area contributed by atoms with Crippen LogP contribution in [0.15, 0.2) is 23.0 Å². The van der Waals surface area contributed by atoms with Crippen molar-refractivity contribution >= 4 is 68.7 Å². The number of amides is 1. The maximum atomic E-state index is 13.3. The molecule has 178 valence electrons. The molecule has 2 atom stereocenters. The molecule has 2 aliphatic heterocycles. The van der Waals surface area contributed by atoms with Crippen LogP contribution >= 0.6 is 35.3 Å². The first-order chi connectivity index (χ1) is 16.5. The number of hydrogen-bond donors (Lipinski definition) is 0. The molecule has 5 rings (SSSR count). The highest BCUT2D eigenvalue weighted by molar-refractivity contribution is 8.30. The van der Waals surface area contributed by atoms with Gasteiger partial charge in [-0.25, -0.2) is 0 Å². The van der Waals surface area contributed by atoms with Crippen LogP contribution in [0.3, 0.4) is 0 Å². The molecular formula is C24H25N3O4S3. The largest absolute Gasteiger partial charge is 0.446 e. The lowest BCUT2D eigenvalue weighted by molar-refractivity contribution is -0.132. The number of rotatable bonds is 6. The molecule has 1 saturated heterocycles. The maximum absolute atomic E-state index is 13.3. The van der Waals surface area contributed by atoms with Gasteiger partial charge in [0.15, 0.2) is 6.73 Å². The van der Waals surface area contributed by atoms with Crippen molar-refractivity contribution in [2.24, 2.45) is 0 Å². The number of thiazole rings is 1. The fraction of sp³-hybridized carbons (Fsp3) is 0.417. The Morgan fingerprint density at radius 1 is 1.21 bits per heavy atom. The van der Waals surface area contributed by atoms with Crippen molar-refractivity contribution in [2.45, 2.75) is 51.8 Å². The number of hydrogen-bond acceptors (Lipinski definition) is 8. The van der Waals surface area contributed by atoms with Gasteiger partial charge in [0.25, 0.3) is 17.9 Å². The minimum atomic E-state index is -0.293. The van der Waals surface area contributed by atoms with E-state index in [1.54, 1.807) is 0 Å². The summed E-state index contributed by atoms with van der Waals surface area (Å²) in [6, 6.07) is 6.99. The van der Waals surface area contributed by atoms with Crippen molar-refractivity contribution in [1.82, 2.24) is 9.47 Å². The molecule has 0 N–H and O–H groups in total. The zero-order valence-corrected chi connectivity index (χ0v) is 21.4. The average Bonchev–Trinajstić information content (AvgIpc) is 3.56. The molecule has 1 aromatic heterocycles. The molecule has 2 unspecified atom stereocenters. The Labute approximate surface area is 210 Å². The predicted octanol–water partition coefficient (Wildman–Crippen LogP) is 2.33. The number of fused-ring (bicyclic) bond motifs is 3. The van der Waals surface area contributed by atoms with Gasteiger partial charge in [0.1, 0.15) is 13.9 Å². The Kier molecular flexibility index (Phi) is 6.39. The molecule has 3 aliphatic rings. The van der Waals surface area contributed by atoms with E-state index in [1.807, 2.05) is 19.1 Å². The van der Waals surface area contributed by atoms with Gasteiger partial charge in [-0.3, -0.25) is 23.9 Å². The molecule has 10 heteroatoms. The fourth-order valence-electron chi connectivity index (χ4n) is 5.34. The Hall–Kier alpha value is -2.43. The number of carbonyl (C=O) groups excluding carboxylic acids is 2. The van der Waals surface area contributed by atoms with Gasteiger partial charge in [-0.05, 0) is 56.0 Å². The first kappa shape index (κ1) is 23.3. The summed E-state index contributed by atoms with van der Waals surface area (Å²) in [5, 5.41) is 0. The third-order valence-electron chi connectivity index (χ3n) is 6.82. The molecule has 1 aromatic carbocycles. The molecule has 2 fully saturated rings. The summed E-state index contributed by atoms with van der Waals surface area (Å²) in [5.41, 5.74) is 3.32. The number of likely N-dealkylation sites (N-methyl/N-ethyl adjacent to an activating group) is 1. The summed E-state index contributed by atoms with van der Waals surface area (Å²) in [7, 11) is 0. The summed E-state index contributed by atoms with van der Waals surface area (Å²) in [4.78, 5) is 41.4. The Morgan fingerprint density at radius 3 is 2.74 bits per heavy atom. The van der Waals surface area contributed by atoms with Crippen molar-refractivity contribution in [2.75, 3.05) is 18.0 Å². The second-order valence-corrected chi connectivity index (χ2v) is 11.2. The topological polar surface area (TPSA) is 71.8 Å². The molecule has 34 heavy (non-hydrogen) atoms. The van der Waals surface area contributed by atoms with Gasteiger partial charge >= 0.3 is 0 Å². The van der Waals surface area contributed by atoms with E-state index in [1.165, 1.54) is 63.1 Å². The third-order valence-corrected chi connectivity index (χ3v) is 9.51. The van der Waals surface area contributed by atoms with Crippen LogP contribution < -0.4 is 19.7 Å². The number of anilines is 1. The average molecular weight is 516 g/mol. The third kappa shape index (κ3) is 3.72. The number of carbonyl (C=O) groups is 2. The monoisotopic (exact) mass is 515 g/mol. The number of benzene rings is 1. The summed E-state index contributed by atoms with van der Waals surface area (Å²) in [6.45, 7) is 5.55. The minimum Gasteiger partial charge on any atom is -0.446 e. The number of thiocarbonyl (C=S) groups is 1. The second kappa shape index (κ2) is 9.31. The van der Waals surface area contributed by atoms with E-state index in [0.717, 1.165) is 12.1 Å². The lowest BCUT2D eigenvalue weighted by Crippen LogP contribution is -2.34. The number of thioether (sulfide) groups is 1. The fourth-order valence-corrected chi connectivity index (χ4v) is 7.97. The predicted molar refractivity (Wildman–Crippen MR) is 139 cm³/mol. The molecule has 1 saturated carbocycles. The van der Waals surface area contributed by atoms with E-state index in [-0.39, 0.29) is 18.2 Å². The van der Waals surface area contributed by atoms with E-state index >= 15 is 0 Å². The Morgan fingerprint density at radius 2 is 2.03 bits per heavy atom. The lowest BCUT2D eigenvalue weighted by Gasteiger charge is -2.25. The van der Waals surface area contributed by atoms with E-state index in [0.29, 0.717) is 43.4 Å². The summed E-state index contributed by atoms with van der Waals surface area (Å²) >= 11 is 7.74. The highest BCUT2D eigenvalue weighted by Gasteiger charge is 2.40. The Balaban J connectivity index is 1.63. The van der Waals surface area contributed by atoms with Crippen LogP contribution in [0, 0.1) is 0 Å². The maximum Gasteiger partial charge on any atom is 0.294 e. The zero-order valence-electron chi connectivity index (χ0n) is 19.0. The number of aromatic nitrogens is 1. The summed E-state index contributed by atoms with van der Waals surface area (Å²) in [5.74, 6) is 0.318. The van der Waals surface area contributed by atoms with Crippen molar-refractivity contribution in [3.05, 3.63) is 48.9 Å². The SMILES string of the molecule is CCN1C(=O)/C(=c2\s/c(=C/c3ccc4c(c3)C3CCCC3N4CC)c(=O)n2COC=O)SC1=S. The molecule has 7 nitrogen and oxygen atoms in total. The normalized spacial score (nSPS) is 23.6.